The average molecular weight is 277 g/mol. The fourth-order valence-electron chi connectivity index (χ4n) is 1.61. The van der Waals surface area contributed by atoms with E-state index in [0.29, 0.717) is 5.15 Å². The highest BCUT2D eigenvalue weighted by molar-refractivity contribution is 7.99. The molecule has 0 aliphatic rings. The van der Waals surface area contributed by atoms with Crippen molar-refractivity contribution in [3.8, 4) is 0 Å². The zero-order valence-electron chi connectivity index (χ0n) is 9.51. The molecule has 2 heterocycles. The van der Waals surface area contributed by atoms with E-state index >= 15 is 0 Å². The second kappa shape index (κ2) is 4.59. The van der Waals surface area contributed by atoms with Crippen LogP contribution in [0.15, 0.2) is 40.5 Å². The normalized spacial score (nSPS) is 11.0. The number of H-pyrrole nitrogens is 1. The molecular weight excluding hydrogens is 268 g/mol. The summed E-state index contributed by atoms with van der Waals surface area (Å²) in [5.74, 6) is 0. The number of imidazole rings is 1. The molecule has 3 rings (SSSR count). The molecule has 0 fully saturated rings. The van der Waals surface area contributed by atoms with Gasteiger partial charge in [-0.1, -0.05) is 17.7 Å². The van der Waals surface area contributed by atoms with E-state index in [2.05, 4.69) is 33.2 Å². The van der Waals surface area contributed by atoms with Crippen molar-refractivity contribution in [3.05, 3.63) is 41.0 Å². The number of aryl methyl sites for hydroxylation is 1. The minimum absolute atomic E-state index is 0.389. The van der Waals surface area contributed by atoms with Gasteiger partial charge in [0.1, 0.15) is 5.03 Å². The molecule has 90 valence electrons. The molecule has 0 radical (unpaired) electrons. The summed E-state index contributed by atoms with van der Waals surface area (Å²) in [6, 6.07) is 9.64. The molecule has 4 nitrogen and oxygen atoms in total. The van der Waals surface area contributed by atoms with Crippen molar-refractivity contribution < 1.29 is 0 Å². The van der Waals surface area contributed by atoms with E-state index in [4.69, 9.17) is 11.6 Å². The third-order valence-corrected chi connectivity index (χ3v) is 3.44. The van der Waals surface area contributed by atoms with E-state index in [1.165, 1.54) is 17.3 Å². The molecule has 6 heteroatoms. The fraction of sp³-hybridized carbons (Fsp3) is 0.0833. The lowest BCUT2D eigenvalue weighted by molar-refractivity contribution is 0.924. The summed E-state index contributed by atoms with van der Waals surface area (Å²) in [4.78, 5) is 7.73. The Hall–Kier alpha value is -1.59. The summed E-state index contributed by atoms with van der Waals surface area (Å²) in [5, 5.41) is 9.72. The summed E-state index contributed by atoms with van der Waals surface area (Å²) in [7, 11) is 0. The van der Waals surface area contributed by atoms with E-state index in [9.17, 15) is 0 Å². The number of fused-ring (bicyclic) bond motifs is 1. The van der Waals surface area contributed by atoms with Gasteiger partial charge < -0.3 is 4.98 Å². The summed E-state index contributed by atoms with van der Waals surface area (Å²) in [5.41, 5.74) is 3.18. The lowest BCUT2D eigenvalue weighted by atomic mass is 10.2. The SMILES string of the molecule is Cc1ccc2nc(Sc3ccc(Cl)nn3)[nH]c2c1. The molecule has 3 aromatic rings. The number of aromatic nitrogens is 4. The monoisotopic (exact) mass is 276 g/mol. The van der Waals surface area contributed by atoms with E-state index in [1.807, 2.05) is 18.2 Å². The van der Waals surface area contributed by atoms with Crippen molar-refractivity contribution in [3.63, 3.8) is 0 Å². The first-order valence-electron chi connectivity index (χ1n) is 5.34. The van der Waals surface area contributed by atoms with Crippen LogP contribution >= 0.6 is 23.4 Å². The van der Waals surface area contributed by atoms with Crippen LogP contribution in [0.2, 0.25) is 5.15 Å². The lowest BCUT2D eigenvalue weighted by Crippen LogP contribution is -1.85. The zero-order valence-corrected chi connectivity index (χ0v) is 11.1. The van der Waals surface area contributed by atoms with Crippen LogP contribution in [0.1, 0.15) is 5.56 Å². The highest BCUT2D eigenvalue weighted by Crippen LogP contribution is 2.25. The second-order valence-corrected chi connectivity index (χ2v) is 5.26. The fourth-order valence-corrected chi connectivity index (χ4v) is 2.43. The standard InChI is InChI=1S/C12H9ClN4S/c1-7-2-3-8-9(6-7)15-12(14-8)18-11-5-4-10(13)16-17-11/h2-6H,1H3,(H,14,15). The molecule has 18 heavy (non-hydrogen) atoms. The predicted octanol–water partition coefficient (Wildman–Crippen LogP) is 3.47. The van der Waals surface area contributed by atoms with E-state index < -0.39 is 0 Å². The van der Waals surface area contributed by atoms with Gasteiger partial charge in [0.25, 0.3) is 0 Å². The number of hydrogen-bond donors (Lipinski definition) is 1. The van der Waals surface area contributed by atoms with Gasteiger partial charge in [-0.05, 0) is 48.5 Å². The first-order chi connectivity index (χ1) is 8.70. The van der Waals surface area contributed by atoms with Gasteiger partial charge in [-0.2, -0.15) is 0 Å². The van der Waals surface area contributed by atoms with Gasteiger partial charge in [-0.15, -0.1) is 10.2 Å². The molecular formula is C12H9ClN4S. The smallest absolute Gasteiger partial charge is 0.172 e. The number of nitrogens with zero attached hydrogens (tertiary/aromatic N) is 3. The minimum Gasteiger partial charge on any atom is -0.333 e. The van der Waals surface area contributed by atoms with Gasteiger partial charge in [0.15, 0.2) is 10.3 Å². The van der Waals surface area contributed by atoms with Crippen LogP contribution in [0.25, 0.3) is 11.0 Å². The summed E-state index contributed by atoms with van der Waals surface area (Å²) < 4.78 is 0. The van der Waals surface area contributed by atoms with E-state index in [-0.39, 0.29) is 0 Å². The number of halogens is 1. The molecule has 1 N–H and O–H groups in total. The van der Waals surface area contributed by atoms with Crippen LogP contribution in [0, 0.1) is 6.92 Å². The second-order valence-electron chi connectivity index (χ2n) is 3.86. The average Bonchev–Trinajstić information content (AvgIpc) is 2.73. The van der Waals surface area contributed by atoms with Crippen LogP contribution in [0.4, 0.5) is 0 Å². The largest absolute Gasteiger partial charge is 0.333 e. The van der Waals surface area contributed by atoms with Gasteiger partial charge in [0.05, 0.1) is 11.0 Å². The molecule has 0 saturated heterocycles. The van der Waals surface area contributed by atoms with Crippen molar-refractivity contribution in [1.29, 1.82) is 0 Å². The van der Waals surface area contributed by atoms with Gasteiger partial charge >= 0.3 is 0 Å². The molecule has 0 bridgehead atoms. The Labute approximate surface area is 113 Å². The van der Waals surface area contributed by atoms with Crippen LogP contribution in [-0.4, -0.2) is 20.2 Å². The highest BCUT2D eigenvalue weighted by Gasteiger charge is 2.06. The first kappa shape index (κ1) is 11.5. The molecule has 0 aliphatic carbocycles. The number of hydrogen-bond acceptors (Lipinski definition) is 4. The summed E-state index contributed by atoms with van der Waals surface area (Å²) in [6.45, 7) is 2.05. The van der Waals surface area contributed by atoms with E-state index in [0.717, 1.165) is 21.2 Å². The topological polar surface area (TPSA) is 54.5 Å². The van der Waals surface area contributed by atoms with Crippen molar-refractivity contribution >= 4 is 34.4 Å². The molecule has 0 atom stereocenters. The molecule has 0 spiro atoms. The van der Waals surface area contributed by atoms with Crippen molar-refractivity contribution in [1.82, 2.24) is 20.2 Å². The predicted molar refractivity (Wildman–Crippen MR) is 72.0 cm³/mol. The zero-order chi connectivity index (χ0) is 12.5. The highest BCUT2D eigenvalue weighted by atomic mass is 35.5. The van der Waals surface area contributed by atoms with Crippen LogP contribution in [-0.2, 0) is 0 Å². The number of aromatic amines is 1. The molecule has 2 aromatic heterocycles. The van der Waals surface area contributed by atoms with E-state index in [1.54, 1.807) is 6.07 Å². The van der Waals surface area contributed by atoms with Gasteiger partial charge in [0, 0.05) is 0 Å². The Morgan fingerprint density at radius 2 is 2.06 bits per heavy atom. The Balaban J connectivity index is 1.92. The first-order valence-corrected chi connectivity index (χ1v) is 6.53. The van der Waals surface area contributed by atoms with Crippen LogP contribution in [0.5, 0.6) is 0 Å². The minimum atomic E-state index is 0.389. The molecule has 0 aliphatic heterocycles. The number of nitrogens with one attached hydrogen (secondary N) is 1. The maximum Gasteiger partial charge on any atom is 0.172 e. The molecule has 0 saturated carbocycles. The number of benzene rings is 1. The maximum absolute atomic E-state index is 5.69. The van der Waals surface area contributed by atoms with Gasteiger partial charge in [0.2, 0.25) is 0 Å². The third kappa shape index (κ3) is 2.32. The van der Waals surface area contributed by atoms with Crippen molar-refractivity contribution in [2.24, 2.45) is 0 Å². The molecule has 1 aromatic carbocycles. The quantitative estimate of drug-likeness (QED) is 0.779. The Morgan fingerprint density at radius 1 is 1.17 bits per heavy atom. The maximum atomic E-state index is 5.69. The summed E-state index contributed by atoms with van der Waals surface area (Å²) >= 11 is 7.12. The van der Waals surface area contributed by atoms with Gasteiger partial charge in [-0.25, -0.2) is 4.98 Å². The van der Waals surface area contributed by atoms with Crippen LogP contribution < -0.4 is 0 Å². The summed E-state index contributed by atoms with van der Waals surface area (Å²) in [6.07, 6.45) is 0. The van der Waals surface area contributed by atoms with Gasteiger partial charge in [-0.3, -0.25) is 0 Å². The Bertz CT molecular complexity index is 693. The molecule has 0 unspecified atom stereocenters. The third-order valence-electron chi connectivity index (χ3n) is 2.42. The number of rotatable bonds is 2. The van der Waals surface area contributed by atoms with Crippen molar-refractivity contribution in [2.75, 3.05) is 0 Å². The lowest BCUT2D eigenvalue weighted by Gasteiger charge is -1.94. The van der Waals surface area contributed by atoms with Crippen molar-refractivity contribution in [2.45, 2.75) is 17.1 Å². The molecule has 0 amide bonds. The Kier molecular flexibility index (Phi) is 2.93. The van der Waals surface area contributed by atoms with Crippen LogP contribution in [0.3, 0.4) is 0 Å². The Morgan fingerprint density at radius 3 is 2.83 bits per heavy atom.